The molecule has 1 aromatic rings. The van der Waals surface area contributed by atoms with Gasteiger partial charge in [-0.15, -0.1) is 0 Å². The topological polar surface area (TPSA) is 134 Å². The van der Waals surface area contributed by atoms with Gasteiger partial charge in [-0.05, 0) is 6.42 Å². The van der Waals surface area contributed by atoms with Crippen LogP contribution in [0, 0.1) is 0 Å². The largest absolute Gasteiger partial charge is 0.387 e. The molecule has 9 heteroatoms. The molecule has 30 heavy (non-hydrogen) atoms. The van der Waals surface area contributed by atoms with Gasteiger partial charge >= 0.3 is 5.69 Å². The van der Waals surface area contributed by atoms with Crippen LogP contribution in [0.1, 0.15) is 77.4 Å². The number of aliphatic hydroxyl groups excluding tert-OH is 2. The summed E-state index contributed by atoms with van der Waals surface area (Å²) in [5, 5.41) is 23.1. The third-order valence-corrected chi connectivity index (χ3v) is 5.47. The summed E-state index contributed by atoms with van der Waals surface area (Å²) in [6.07, 6.45) is 7.57. The van der Waals surface area contributed by atoms with E-state index in [1.165, 1.54) is 44.7 Å². The van der Waals surface area contributed by atoms with Gasteiger partial charge in [0.25, 0.3) is 5.56 Å². The third-order valence-electron chi connectivity index (χ3n) is 5.47. The van der Waals surface area contributed by atoms with Crippen molar-refractivity contribution >= 4 is 5.91 Å². The summed E-state index contributed by atoms with van der Waals surface area (Å²) in [5.74, 6) is -0.132. The molecule has 2 rings (SSSR count). The zero-order valence-electron chi connectivity index (χ0n) is 17.7. The lowest BCUT2D eigenvalue weighted by Gasteiger charge is -2.16. The van der Waals surface area contributed by atoms with Crippen molar-refractivity contribution in [1.29, 1.82) is 0 Å². The maximum absolute atomic E-state index is 12.0. The van der Waals surface area contributed by atoms with Crippen LogP contribution < -0.4 is 16.6 Å². The van der Waals surface area contributed by atoms with E-state index in [1.54, 1.807) is 0 Å². The van der Waals surface area contributed by atoms with Gasteiger partial charge in [-0.25, -0.2) is 4.79 Å². The summed E-state index contributed by atoms with van der Waals surface area (Å²) < 4.78 is 6.58. The Labute approximate surface area is 176 Å². The fraction of sp³-hybridized carbons (Fsp3) is 0.762. The summed E-state index contributed by atoms with van der Waals surface area (Å²) >= 11 is 0. The van der Waals surface area contributed by atoms with Crippen molar-refractivity contribution < 1.29 is 19.7 Å². The SMILES string of the molecule is CCCCCCCCCCCC(=O)NC[C@H]1O[C@@H](n2ccc(=O)[nH]c2=O)[C@H](O)[C@@H]1O. The van der Waals surface area contributed by atoms with Gasteiger partial charge < -0.3 is 20.3 Å². The van der Waals surface area contributed by atoms with Crippen LogP contribution in [0.4, 0.5) is 0 Å². The fourth-order valence-electron chi connectivity index (χ4n) is 3.65. The molecule has 2 heterocycles. The first-order chi connectivity index (χ1) is 14.4. The van der Waals surface area contributed by atoms with Gasteiger partial charge in [-0.1, -0.05) is 58.3 Å². The van der Waals surface area contributed by atoms with Crippen molar-refractivity contribution in [2.45, 2.75) is 95.7 Å². The number of aliphatic hydroxyl groups is 2. The summed E-state index contributed by atoms with van der Waals surface area (Å²) in [5.41, 5.74) is -1.31. The van der Waals surface area contributed by atoms with E-state index in [0.29, 0.717) is 6.42 Å². The molecule has 170 valence electrons. The number of aromatic nitrogens is 2. The lowest BCUT2D eigenvalue weighted by molar-refractivity contribution is -0.122. The van der Waals surface area contributed by atoms with E-state index in [1.807, 2.05) is 0 Å². The van der Waals surface area contributed by atoms with Crippen LogP contribution >= 0.6 is 0 Å². The van der Waals surface area contributed by atoms with Gasteiger partial charge in [0, 0.05) is 25.2 Å². The maximum atomic E-state index is 12.0. The van der Waals surface area contributed by atoms with Crippen LogP contribution in [0.3, 0.4) is 0 Å². The van der Waals surface area contributed by atoms with Crippen LogP contribution in [-0.4, -0.2) is 50.5 Å². The Morgan fingerprint density at radius 2 is 1.70 bits per heavy atom. The van der Waals surface area contributed by atoms with E-state index >= 15 is 0 Å². The van der Waals surface area contributed by atoms with Crippen molar-refractivity contribution in [3.63, 3.8) is 0 Å². The maximum Gasteiger partial charge on any atom is 0.330 e. The predicted molar refractivity (Wildman–Crippen MR) is 112 cm³/mol. The standard InChI is InChI=1S/C21H35N3O6/c1-2-3-4-5-6-7-8-9-10-11-16(25)22-14-15-18(27)19(28)20(30-15)24-13-12-17(26)23-21(24)29/h12-13,15,18-20,27-28H,2-11,14H2,1H3,(H,22,25)(H,23,26,29)/t15-,18-,19-,20-/m1/s1. The summed E-state index contributed by atoms with van der Waals surface area (Å²) in [6, 6.07) is 1.13. The van der Waals surface area contributed by atoms with E-state index in [-0.39, 0.29) is 12.5 Å². The third kappa shape index (κ3) is 7.37. The number of H-pyrrole nitrogens is 1. The number of hydrogen-bond donors (Lipinski definition) is 4. The van der Waals surface area contributed by atoms with Crippen molar-refractivity contribution in [3.8, 4) is 0 Å². The average molecular weight is 426 g/mol. The van der Waals surface area contributed by atoms with E-state index in [9.17, 15) is 24.6 Å². The number of carbonyl (C=O) groups is 1. The molecule has 1 aliphatic rings. The lowest BCUT2D eigenvalue weighted by atomic mass is 10.1. The quantitative estimate of drug-likeness (QED) is 0.351. The molecule has 4 atom stereocenters. The molecule has 0 bridgehead atoms. The van der Waals surface area contributed by atoms with Gasteiger partial charge in [0.2, 0.25) is 5.91 Å². The zero-order valence-corrected chi connectivity index (χ0v) is 17.7. The number of amides is 1. The minimum Gasteiger partial charge on any atom is -0.387 e. The average Bonchev–Trinajstić information content (AvgIpc) is 2.99. The lowest BCUT2D eigenvalue weighted by Crippen LogP contribution is -2.40. The van der Waals surface area contributed by atoms with Gasteiger partial charge in [-0.3, -0.25) is 19.1 Å². The minimum absolute atomic E-state index is 0.0308. The summed E-state index contributed by atoms with van der Waals surface area (Å²) in [7, 11) is 0. The highest BCUT2D eigenvalue weighted by atomic mass is 16.6. The second-order valence-electron chi connectivity index (χ2n) is 7.95. The van der Waals surface area contributed by atoms with E-state index in [0.717, 1.165) is 29.9 Å². The minimum atomic E-state index is -1.35. The van der Waals surface area contributed by atoms with Crippen LogP contribution in [0.25, 0.3) is 0 Å². The number of rotatable bonds is 13. The Hall–Kier alpha value is -1.97. The Morgan fingerprint density at radius 3 is 2.33 bits per heavy atom. The number of aromatic amines is 1. The summed E-state index contributed by atoms with van der Waals surface area (Å²) in [4.78, 5) is 37.2. The monoisotopic (exact) mass is 425 g/mol. The molecule has 1 amide bonds. The normalized spacial score (nSPS) is 23.6. The van der Waals surface area contributed by atoms with Crippen LogP contribution in [-0.2, 0) is 9.53 Å². The van der Waals surface area contributed by atoms with Gasteiger partial charge in [0.1, 0.15) is 18.3 Å². The molecule has 0 unspecified atom stereocenters. The fourth-order valence-corrected chi connectivity index (χ4v) is 3.65. The first kappa shape index (κ1) is 24.3. The van der Waals surface area contributed by atoms with Crippen LogP contribution in [0.15, 0.2) is 21.9 Å². The van der Waals surface area contributed by atoms with E-state index in [2.05, 4.69) is 17.2 Å². The molecular weight excluding hydrogens is 390 g/mol. The zero-order chi connectivity index (χ0) is 21.9. The Bertz CT molecular complexity index is 762. The van der Waals surface area contributed by atoms with Crippen LogP contribution in [0.2, 0.25) is 0 Å². The Balaban J connectivity index is 1.66. The number of nitrogens with one attached hydrogen (secondary N) is 2. The first-order valence-electron chi connectivity index (χ1n) is 11.0. The van der Waals surface area contributed by atoms with Crippen LogP contribution in [0.5, 0.6) is 0 Å². The molecule has 4 N–H and O–H groups in total. The van der Waals surface area contributed by atoms with Crippen molar-refractivity contribution in [2.75, 3.05) is 6.54 Å². The number of hydrogen-bond acceptors (Lipinski definition) is 6. The predicted octanol–water partition coefficient (Wildman–Crippen LogP) is 1.19. The van der Waals surface area contributed by atoms with E-state index in [4.69, 9.17) is 4.74 Å². The number of unbranched alkanes of at least 4 members (excludes halogenated alkanes) is 8. The smallest absolute Gasteiger partial charge is 0.330 e. The van der Waals surface area contributed by atoms with Gasteiger partial charge in [0.15, 0.2) is 6.23 Å². The number of carbonyl (C=O) groups excluding carboxylic acids is 1. The Morgan fingerprint density at radius 1 is 1.07 bits per heavy atom. The second kappa shape index (κ2) is 12.7. The number of ether oxygens (including phenoxy) is 1. The highest BCUT2D eigenvalue weighted by molar-refractivity contribution is 5.75. The van der Waals surface area contributed by atoms with Gasteiger partial charge in [0.05, 0.1) is 0 Å². The summed E-state index contributed by atoms with van der Waals surface area (Å²) in [6.45, 7) is 2.24. The van der Waals surface area contributed by atoms with E-state index < -0.39 is 35.8 Å². The van der Waals surface area contributed by atoms with Gasteiger partial charge in [-0.2, -0.15) is 0 Å². The second-order valence-corrected chi connectivity index (χ2v) is 7.95. The molecule has 0 spiro atoms. The molecule has 1 fully saturated rings. The molecule has 0 aliphatic carbocycles. The van der Waals surface area contributed by atoms with Crippen molar-refractivity contribution in [2.24, 2.45) is 0 Å². The molecule has 0 aromatic carbocycles. The number of nitrogens with zero attached hydrogens (tertiary/aromatic N) is 1. The van der Waals surface area contributed by atoms with Crippen molar-refractivity contribution in [1.82, 2.24) is 14.9 Å². The van der Waals surface area contributed by atoms with Crippen molar-refractivity contribution in [3.05, 3.63) is 33.1 Å². The highest BCUT2D eigenvalue weighted by Crippen LogP contribution is 2.27. The first-order valence-corrected chi connectivity index (χ1v) is 11.0. The molecule has 1 saturated heterocycles. The molecule has 1 aliphatic heterocycles. The Kier molecular flexibility index (Phi) is 10.3. The highest BCUT2D eigenvalue weighted by Gasteiger charge is 2.44. The molecule has 0 radical (unpaired) electrons. The molecule has 9 nitrogen and oxygen atoms in total. The molecule has 0 saturated carbocycles. The molecular formula is C21H35N3O6. The molecule has 1 aromatic heterocycles.